The molecule has 0 bridgehead atoms. The molecule has 0 radical (unpaired) electrons. The van der Waals surface area contributed by atoms with Crippen LogP contribution in [0.4, 0.5) is 20.2 Å². The number of morpholine rings is 1. The van der Waals surface area contributed by atoms with Crippen LogP contribution in [0.25, 0.3) is 0 Å². The number of carbonyl (C=O) groups is 1. The molecule has 0 unspecified atom stereocenters. The highest BCUT2D eigenvalue weighted by molar-refractivity contribution is 7.89. The van der Waals surface area contributed by atoms with Crippen LogP contribution >= 0.6 is 11.6 Å². The molecule has 174 valence electrons. The zero-order valence-corrected chi connectivity index (χ0v) is 19.3. The first-order valence-electron chi connectivity index (χ1n) is 10.1. The Hall–Kier alpha value is -2.27. The first-order chi connectivity index (χ1) is 15.2. The van der Waals surface area contributed by atoms with Gasteiger partial charge in [-0.25, -0.2) is 17.2 Å². The van der Waals surface area contributed by atoms with Gasteiger partial charge in [0, 0.05) is 26.2 Å². The van der Waals surface area contributed by atoms with E-state index in [1.165, 1.54) is 16.4 Å². The molecule has 0 aromatic heterocycles. The topological polar surface area (TPSA) is 79.0 Å². The van der Waals surface area contributed by atoms with Crippen LogP contribution in [0.2, 0.25) is 5.02 Å². The summed E-state index contributed by atoms with van der Waals surface area (Å²) in [5.74, 6) is -3.18. The van der Waals surface area contributed by atoms with Crippen LogP contribution in [0.15, 0.2) is 35.2 Å². The first-order valence-corrected chi connectivity index (χ1v) is 11.9. The van der Waals surface area contributed by atoms with Gasteiger partial charge in [0.25, 0.3) is 5.91 Å². The molecule has 1 saturated heterocycles. The summed E-state index contributed by atoms with van der Waals surface area (Å²) in [4.78, 5) is 14.8. The van der Waals surface area contributed by atoms with Gasteiger partial charge in [-0.2, -0.15) is 4.31 Å². The molecule has 1 amide bonds. The number of carbonyl (C=O) groups excluding carboxylic acids is 1. The second kappa shape index (κ2) is 10.1. The number of hydrogen-bond donors (Lipinski definition) is 1. The Morgan fingerprint density at radius 2 is 1.75 bits per heavy atom. The SMILES string of the molecule is CCN(CC)S(=O)(=O)c1ccc(N2CCOCC2)c(NC(=O)c2cc(F)c(F)cc2Cl)c1. The maximum absolute atomic E-state index is 13.7. The van der Waals surface area contributed by atoms with Crippen molar-refractivity contribution in [2.45, 2.75) is 18.7 Å². The molecule has 11 heteroatoms. The van der Waals surface area contributed by atoms with Gasteiger partial charge in [-0.3, -0.25) is 4.79 Å². The maximum Gasteiger partial charge on any atom is 0.257 e. The monoisotopic (exact) mass is 487 g/mol. The number of benzene rings is 2. The third kappa shape index (κ3) is 5.03. The lowest BCUT2D eigenvalue weighted by molar-refractivity contribution is 0.102. The van der Waals surface area contributed by atoms with Crippen LogP contribution in [0, 0.1) is 11.6 Å². The Morgan fingerprint density at radius 1 is 1.12 bits per heavy atom. The summed E-state index contributed by atoms with van der Waals surface area (Å²) in [5, 5.41) is 2.36. The third-order valence-electron chi connectivity index (χ3n) is 5.17. The Bertz CT molecular complexity index is 1100. The molecule has 1 aliphatic heterocycles. The average molecular weight is 488 g/mol. The largest absolute Gasteiger partial charge is 0.378 e. The molecule has 1 heterocycles. The van der Waals surface area contributed by atoms with Crippen molar-refractivity contribution in [3.05, 3.63) is 52.6 Å². The molecule has 32 heavy (non-hydrogen) atoms. The van der Waals surface area contributed by atoms with E-state index < -0.39 is 27.6 Å². The van der Waals surface area contributed by atoms with E-state index in [9.17, 15) is 22.0 Å². The molecule has 2 aromatic carbocycles. The third-order valence-corrected chi connectivity index (χ3v) is 7.52. The number of nitrogens with zero attached hydrogens (tertiary/aromatic N) is 2. The van der Waals surface area contributed by atoms with Crippen molar-refractivity contribution in [1.82, 2.24) is 4.31 Å². The van der Waals surface area contributed by atoms with Crippen molar-refractivity contribution in [2.75, 3.05) is 49.6 Å². The number of anilines is 2. The van der Waals surface area contributed by atoms with Crippen molar-refractivity contribution in [2.24, 2.45) is 0 Å². The van der Waals surface area contributed by atoms with Crippen LogP contribution in [0.1, 0.15) is 24.2 Å². The Morgan fingerprint density at radius 3 is 2.38 bits per heavy atom. The van der Waals surface area contributed by atoms with E-state index in [1.54, 1.807) is 19.9 Å². The molecule has 1 N–H and O–H groups in total. The van der Waals surface area contributed by atoms with E-state index in [-0.39, 0.29) is 34.3 Å². The normalized spacial score (nSPS) is 14.6. The number of amides is 1. The summed E-state index contributed by atoms with van der Waals surface area (Å²) < 4.78 is 59.7. The molecular formula is C21H24ClF2N3O4S. The van der Waals surface area contributed by atoms with Crippen LogP contribution in [-0.4, -0.2) is 58.0 Å². The smallest absolute Gasteiger partial charge is 0.257 e. The van der Waals surface area contributed by atoms with Crippen LogP contribution in [0.3, 0.4) is 0 Å². The Kier molecular flexibility index (Phi) is 7.71. The highest BCUT2D eigenvalue weighted by Gasteiger charge is 2.25. The summed E-state index contributed by atoms with van der Waals surface area (Å²) >= 11 is 5.94. The Balaban J connectivity index is 2.04. The lowest BCUT2D eigenvalue weighted by Gasteiger charge is -2.31. The highest BCUT2D eigenvalue weighted by Crippen LogP contribution is 2.32. The molecular weight excluding hydrogens is 464 g/mol. The predicted molar refractivity (Wildman–Crippen MR) is 119 cm³/mol. The van der Waals surface area contributed by atoms with Crippen LogP contribution < -0.4 is 10.2 Å². The second-order valence-electron chi connectivity index (χ2n) is 7.07. The van der Waals surface area contributed by atoms with Gasteiger partial charge in [0.05, 0.1) is 40.1 Å². The van der Waals surface area contributed by atoms with Gasteiger partial charge >= 0.3 is 0 Å². The van der Waals surface area contributed by atoms with Crippen molar-refractivity contribution in [3.63, 3.8) is 0 Å². The zero-order valence-electron chi connectivity index (χ0n) is 17.7. The fraction of sp³-hybridized carbons (Fsp3) is 0.381. The number of ether oxygens (including phenoxy) is 1. The predicted octanol–water partition coefficient (Wildman–Crippen LogP) is 3.74. The fourth-order valence-electron chi connectivity index (χ4n) is 3.45. The van der Waals surface area contributed by atoms with E-state index in [1.807, 2.05) is 4.90 Å². The molecule has 0 aliphatic carbocycles. The minimum atomic E-state index is -3.79. The molecule has 1 aliphatic rings. The van der Waals surface area contributed by atoms with Gasteiger partial charge < -0.3 is 15.0 Å². The van der Waals surface area contributed by atoms with E-state index in [4.69, 9.17) is 16.3 Å². The summed E-state index contributed by atoms with van der Waals surface area (Å²) in [6.45, 7) is 6.07. The summed E-state index contributed by atoms with van der Waals surface area (Å²) in [7, 11) is -3.79. The quantitative estimate of drug-likeness (QED) is 0.602. The lowest BCUT2D eigenvalue weighted by atomic mass is 10.1. The second-order valence-corrected chi connectivity index (χ2v) is 9.41. The van der Waals surface area contributed by atoms with Crippen LogP contribution in [0.5, 0.6) is 0 Å². The average Bonchev–Trinajstić information content (AvgIpc) is 2.77. The number of nitrogens with one attached hydrogen (secondary N) is 1. The standard InChI is InChI=1S/C21H24ClF2N3O4S/c1-3-27(4-2)32(29,30)14-5-6-20(26-7-9-31-10-8-26)19(11-14)25-21(28)15-12-17(23)18(24)13-16(15)22/h5-6,11-13H,3-4,7-10H2,1-2H3,(H,25,28). The maximum atomic E-state index is 13.7. The van der Waals surface area contributed by atoms with E-state index >= 15 is 0 Å². The van der Waals surface area contributed by atoms with Gasteiger partial charge in [-0.05, 0) is 30.3 Å². The molecule has 0 spiro atoms. The van der Waals surface area contributed by atoms with Crippen molar-refractivity contribution < 1.29 is 26.7 Å². The summed E-state index contributed by atoms with van der Waals surface area (Å²) in [6, 6.07) is 5.89. The van der Waals surface area contributed by atoms with Crippen LogP contribution in [-0.2, 0) is 14.8 Å². The van der Waals surface area contributed by atoms with E-state index in [0.717, 1.165) is 6.07 Å². The van der Waals surface area contributed by atoms with Gasteiger partial charge in [0.1, 0.15) is 0 Å². The molecule has 1 fully saturated rings. The molecule has 0 atom stereocenters. The zero-order chi connectivity index (χ0) is 23.5. The van der Waals surface area contributed by atoms with Gasteiger partial charge in [0.15, 0.2) is 11.6 Å². The van der Waals surface area contributed by atoms with Gasteiger partial charge in [-0.1, -0.05) is 25.4 Å². The fourth-order valence-corrected chi connectivity index (χ4v) is 5.18. The molecule has 2 aromatic rings. The Labute approximate surface area is 191 Å². The minimum Gasteiger partial charge on any atom is -0.378 e. The van der Waals surface area contributed by atoms with Crippen molar-refractivity contribution in [1.29, 1.82) is 0 Å². The first kappa shape index (κ1) is 24.4. The summed E-state index contributed by atoms with van der Waals surface area (Å²) in [6.07, 6.45) is 0. The lowest BCUT2D eigenvalue weighted by Crippen LogP contribution is -2.37. The number of hydrogen-bond acceptors (Lipinski definition) is 5. The van der Waals surface area contributed by atoms with Crippen molar-refractivity contribution >= 4 is 38.9 Å². The van der Waals surface area contributed by atoms with E-state index in [0.29, 0.717) is 38.1 Å². The highest BCUT2D eigenvalue weighted by atomic mass is 35.5. The minimum absolute atomic E-state index is 0.00453. The molecule has 3 rings (SSSR count). The molecule has 0 saturated carbocycles. The van der Waals surface area contributed by atoms with Gasteiger partial charge in [-0.15, -0.1) is 0 Å². The van der Waals surface area contributed by atoms with Gasteiger partial charge in [0.2, 0.25) is 10.0 Å². The van der Waals surface area contributed by atoms with E-state index in [2.05, 4.69) is 5.32 Å². The number of rotatable bonds is 7. The molecule has 7 nitrogen and oxygen atoms in total. The van der Waals surface area contributed by atoms with Crippen molar-refractivity contribution in [3.8, 4) is 0 Å². The number of halogens is 3. The number of sulfonamides is 1. The summed E-state index contributed by atoms with van der Waals surface area (Å²) in [5.41, 5.74) is 0.528.